The van der Waals surface area contributed by atoms with E-state index in [0.29, 0.717) is 23.6 Å². The summed E-state index contributed by atoms with van der Waals surface area (Å²) in [6, 6.07) is 25.9. The number of para-hydroxylation sites is 1. The second kappa shape index (κ2) is 9.79. The fourth-order valence-electron chi connectivity index (χ4n) is 3.44. The Bertz CT molecular complexity index is 1440. The van der Waals surface area contributed by atoms with Gasteiger partial charge >= 0.3 is 0 Å². The van der Waals surface area contributed by atoms with Gasteiger partial charge in [0.1, 0.15) is 5.69 Å². The van der Waals surface area contributed by atoms with Crippen LogP contribution in [-0.4, -0.2) is 41.6 Å². The zero-order valence-corrected chi connectivity index (χ0v) is 18.4. The Labute approximate surface area is 200 Å². The first-order valence-electron chi connectivity index (χ1n) is 10.8. The minimum Gasteiger partial charge on any atom is -0.295 e. The number of hydrogen-bond donors (Lipinski definition) is 2. The Morgan fingerprint density at radius 3 is 2.23 bits per heavy atom. The molecule has 3 aromatic carbocycles. The molecule has 0 aliphatic carbocycles. The number of hydrazine groups is 1. The lowest BCUT2D eigenvalue weighted by Gasteiger charge is -2.10. The number of rotatable bonds is 6. The molecule has 10 nitrogen and oxygen atoms in total. The molecule has 0 atom stereocenters. The van der Waals surface area contributed by atoms with Crippen molar-refractivity contribution in [3.63, 3.8) is 0 Å². The molecular formula is C25H20N8O2. The van der Waals surface area contributed by atoms with Crippen molar-refractivity contribution in [2.75, 3.05) is 0 Å². The van der Waals surface area contributed by atoms with Crippen LogP contribution in [0, 0.1) is 0 Å². The second-order valence-corrected chi connectivity index (χ2v) is 7.60. The van der Waals surface area contributed by atoms with Crippen LogP contribution in [0.4, 0.5) is 0 Å². The summed E-state index contributed by atoms with van der Waals surface area (Å²) in [5.74, 6) is -0.380. The highest BCUT2D eigenvalue weighted by molar-refractivity contribution is 5.98. The molecule has 0 spiro atoms. The van der Waals surface area contributed by atoms with Gasteiger partial charge < -0.3 is 0 Å². The molecule has 0 aliphatic heterocycles. The average Bonchev–Trinajstić information content (AvgIpc) is 3.59. The summed E-state index contributed by atoms with van der Waals surface area (Å²) in [5.41, 5.74) is 8.13. The quantitative estimate of drug-likeness (QED) is 0.373. The van der Waals surface area contributed by atoms with E-state index in [1.54, 1.807) is 28.8 Å². The van der Waals surface area contributed by atoms with Crippen LogP contribution in [0.3, 0.4) is 0 Å². The molecule has 172 valence electrons. The second-order valence-electron chi connectivity index (χ2n) is 7.60. The molecule has 0 bridgehead atoms. The fraction of sp³-hybridized carbons (Fsp3) is 0.0400. The third-order valence-corrected chi connectivity index (χ3v) is 5.22. The summed E-state index contributed by atoms with van der Waals surface area (Å²) in [7, 11) is 0. The third-order valence-electron chi connectivity index (χ3n) is 5.22. The minimum atomic E-state index is -0.484. The van der Waals surface area contributed by atoms with Crippen LogP contribution < -0.4 is 10.9 Å². The summed E-state index contributed by atoms with van der Waals surface area (Å²) in [5, 5.41) is 12.6. The van der Waals surface area contributed by atoms with Gasteiger partial charge in [-0.1, -0.05) is 60.7 Å². The molecule has 0 saturated carbocycles. The molecule has 0 unspecified atom stereocenters. The van der Waals surface area contributed by atoms with Gasteiger partial charge in [0.25, 0.3) is 11.8 Å². The van der Waals surface area contributed by atoms with E-state index in [0.717, 1.165) is 16.8 Å². The number of aromatic nitrogens is 6. The Morgan fingerprint density at radius 1 is 0.800 bits per heavy atom. The Kier molecular flexibility index (Phi) is 6.07. The number of imidazole rings is 1. The van der Waals surface area contributed by atoms with Gasteiger partial charge in [0, 0.05) is 16.8 Å². The predicted octanol–water partition coefficient (Wildman–Crippen LogP) is 2.65. The minimum absolute atomic E-state index is 0.294. The van der Waals surface area contributed by atoms with Crippen molar-refractivity contribution in [1.82, 2.24) is 40.6 Å². The first-order chi connectivity index (χ1) is 17.2. The average molecular weight is 464 g/mol. The molecule has 2 N–H and O–H groups in total. The van der Waals surface area contributed by atoms with Crippen molar-refractivity contribution in [2.24, 2.45) is 0 Å². The maximum atomic E-state index is 12.6. The topological polar surface area (TPSA) is 120 Å². The lowest BCUT2D eigenvalue weighted by molar-refractivity contribution is 0.0843. The Balaban J connectivity index is 1.18. The highest BCUT2D eigenvalue weighted by atomic mass is 16.2. The van der Waals surface area contributed by atoms with E-state index in [2.05, 4.69) is 31.2 Å². The number of carbonyl (C=O) groups excluding carboxylic acids is 2. The molecule has 2 heterocycles. The monoisotopic (exact) mass is 464 g/mol. The Morgan fingerprint density at radius 2 is 1.49 bits per heavy atom. The van der Waals surface area contributed by atoms with E-state index in [-0.39, 0.29) is 0 Å². The molecule has 0 aliphatic rings. The lowest BCUT2D eigenvalue weighted by atomic mass is 10.1. The highest BCUT2D eigenvalue weighted by Crippen LogP contribution is 2.13. The maximum Gasteiger partial charge on any atom is 0.288 e. The van der Waals surface area contributed by atoms with Gasteiger partial charge in [-0.15, -0.1) is 10.2 Å². The molecule has 0 radical (unpaired) electrons. The molecule has 10 heteroatoms. The van der Waals surface area contributed by atoms with Gasteiger partial charge in [-0.25, -0.2) is 4.98 Å². The van der Waals surface area contributed by atoms with Crippen LogP contribution in [0.1, 0.15) is 26.4 Å². The van der Waals surface area contributed by atoms with Crippen LogP contribution in [0.15, 0.2) is 97.5 Å². The zero-order valence-electron chi connectivity index (χ0n) is 18.4. The van der Waals surface area contributed by atoms with Crippen molar-refractivity contribution in [3.05, 3.63) is 114 Å². The van der Waals surface area contributed by atoms with Gasteiger partial charge in [-0.3, -0.25) is 25.0 Å². The van der Waals surface area contributed by atoms with Crippen LogP contribution in [0.25, 0.3) is 17.1 Å². The zero-order chi connectivity index (χ0) is 24.0. The van der Waals surface area contributed by atoms with Crippen LogP contribution in [0.2, 0.25) is 0 Å². The van der Waals surface area contributed by atoms with Gasteiger partial charge in [0.15, 0.2) is 0 Å². The van der Waals surface area contributed by atoms with E-state index >= 15 is 0 Å². The molecule has 5 rings (SSSR count). The number of amides is 2. The van der Waals surface area contributed by atoms with Crippen LogP contribution in [0.5, 0.6) is 0 Å². The number of tetrazole rings is 1. The summed E-state index contributed by atoms with van der Waals surface area (Å²) in [6.07, 6.45) is 2.97. The van der Waals surface area contributed by atoms with Crippen LogP contribution >= 0.6 is 0 Å². The summed E-state index contributed by atoms with van der Waals surface area (Å²) in [6.45, 7) is 0.405. The number of benzene rings is 3. The first kappa shape index (κ1) is 21.7. The maximum absolute atomic E-state index is 12.6. The number of hydrogen-bond acceptors (Lipinski definition) is 6. The molecule has 2 aromatic heterocycles. The van der Waals surface area contributed by atoms with E-state index in [1.165, 1.54) is 17.3 Å². The predicted molar refractivity (Wildman–Crippen MR) is 127 cm³/mol. The fourth-order valence-corrected chi connectivity index (χ4v) is 3.44. The molecular weight excluding hydrogens is 444 g/mol. The van der Waals surface area contributed by atoms with Crippen molar-refractivity contribution in [1.29, 1.82) is 0 Å². The number of carbonyl (C=O) groups is 2. The van der Waals surface area contributed by atoms with E-state index < -0.39 is 11.8 Å². The van der Waals surface area contributed by atoms with Gasteiger partial charge in [0.2, 0.25) is 5.82 Å². The van der Waals surface area contributed by atoms with Crippen molar-refractivity contribution >= 4 is 11.8 Å². The SMILES string of the molecule is O=C(NNC(=O)c1cncn1-c1ccccc1)c1ccc(Cn2nnc(-c3ccccc3)n2)cc1. The standard InChI is InChI=1S/C25H20N8O2/c34-24(28-29-25(35)22-15-26-17-32(22)21-9-5-2-6-10-21)20-13-11-18(12-14-20)16-33-30-23(27-31-33)19-7-3-1-4-8-19/h1-15,17H,16H2,(H,28,34)(H,29,35). The number of nitrogens with one attached hydrogen (secondary N) is 2. The van der Waals surface area contributed by atoms with E-state index in [4.69, 9.17) is 0 Å². The molecule has 0 saturated heterocycles. The summed E-state index contributed by atoms with van der Waals surface area (Å²) in [4.78, 5) is 30.6. The van der Waals surface area contributed by atoms with Crippen molar-refractivity contribution < 1.29 is 9.59 Å². The highest BCUT2D eigenvalue weighted by Gasteiger charge is 2.14. The molecule has 0 fully saturated rings. The first-order valence-corrected chi connectivity index (χ1v) is 10.8. The lowest BCUT2D eigenvalue weighted by Crippen LogP contribution is -2.42. The van der Waals surface area contributed by atoms with Crippen LogP contribution in [-0.2, 0) is 6.54 Å². The largest absolute Gasteiger partial charge is 0.295 e. The van der Waals surface area contributed by atoms with Crippen molar-refractivity contribution in [3.8, 4) is 17.1 Å². The van der Waals surface area contributed by atoms with Gasteiger partial charge in [0.05, 0.1) is 19.1 Å². The third kappa shape index (κ3) is 4.96. The molecule has 5 aromatic rings. The van der Waals surface area contributed by atoms with Gasteiger partial charge in [-0.2, -0.15) is 4.80 Å². The smallest absolute Gasteiger partial charge is 0.288 e. The normalized spacial score (nSPS) is 10.6. The molecule has 2 amide bonds. The van der Waals surface area contributed by atoms with Gasteiger partial charge in [-0.05, 0) is 35.0 Å². The molecule has 35 heavy (non-hydrogen) atoms. The number of nitrogens with zero attached hydrogens (tertiary/aromatic N) is 6. The summed E-state index contributed by atoms with van der Waals surface area (Å²) >= 11 is 0. The summed E-state index contributed by atoms with van der Waals surface area (Å²) < 4.78 is 1.64. The van der Waals surface area contributed by atoms with Crippen molar-refractivity contribution in [2.45, 2.75) is 6.54 Å². The Hall–Kier alpha value is -5.12. The van der Waals surface area contributed by atoms with E-state index in [9.17, 15) is 9.59 Å². The van der Waals surface area contributed by atoms with E-state index in [1.807, 2.05) is 60.7 Å².